The Balaban J connectivity index is 5.18. The van der Waals surface area contributed by atoms with Crippen molar-refractivity contribution in [2.45, 2.75) is 296 Å². The summed E-state index contributed by atoms with van der Waals surface area (Å²) in [5.74, 6) is -0.545. The molecule has 10 heteroatoms. The van der Waals surface area contributed by atoms with Gasteiger partial charge in [-0.1, -0.05) is 237 Å². The zero-order chi connectivity index (χ0) is 52.9. The number of carbonyl (C=O) groups is 2. The second-order valence-corrected chi connectivity index (χ2v) is 23.2. The number of rotatable bonds is 55. The molecule has 1 amide bonds. The molecule has 0 aliphatic rings. The Morgan fingerprint density at radius 3 is 1.33 bits per heavy atom. The first kappa shape index (κ1) is 70.0. The molecule has 0 aliphatic carbocycles. The summed E-state index contributed by atoms with van der Waals surface area (Å²) in [5, 5.41) is 3.02. The molecule has 0 aromatic rings. The Bertz CT molecular complexity index is 1380. The zero-order valence-corrected chi connectivity index (χ0v) is 49.0. The minimum Gasteiger partial charge on any atom is -0.756 e. The first-order valence-corrected chi connectivity index (χ1v) is 31.9. The summed E-state index contributed by atoms with van der Waals surface area (Å²) in [6.45, 7) is 6.74. The summed E-state index contributed by atoms with van der Waals surface area (Å²) in [4.78, 5) is 39.9. The van der Waals surface area contributed by atoms with Crippen molar-refractivity contribution < 1.29 is 37.3 Å². The third-order valence-corrected chi connectivity index (χ3v) is 14.5. The summed E-state index contributed by atoms with van der Waals surface area (Å²) < 4.78 is 30.3. The Labute approximate surface area is 446 Å². The van der Waals surface area contributed by atoms with E-state index in [0.717, 1.165) is 83.5 Å². The van der Waals surface area contributed by atoms with Crippen LogP contribution in [0.2, 0.25) is 0 Å². The van der Waals surface area contributed by atoms with Crippen molar-refractivity contribution in [1.82, 2.24) is 5.32 Å². The molecule has 0 aromatic carbocycles. The highest BCUT2D eigenvalue weighted by Gasteiger charge is 2.27. The number of ether oxygens (including phenoxy) is 1. The number of hydrogen-bond donors (Lipinski definition) is 1. The SMILES string of the molecule is CC/C=C/C/C=C/CCCCCCCCCC(=O)NC(COP(=O)([O-])OCC[N+](C)(C)C)C(/C=C\CCCCCCCCCCC)OC(=O)CCCCCCCCCCCCC/C=C/CCCCCCCC. The maximum absolute atomic E-state index is 13.5. The largest absolute Gasteiger partial charge is 0.756 e. The van der Waals surface area contributed by atoms with E-state index < -0.39 is 26.6 Å². The minimum absolute atomic E-state index is 0.0238. The van der Waals surface area contributed by atoms with Crippen LogP contribution < -0.4 is 10.2 Å². The molecule has 0 aromatic heterocycles. The number of nitrogens with zero attached hydrogens (tertiary/aromatic N) is 1. The van der Waals surface area contributed by atoms with Crippen molar-refractivity contribution in [1.29, 1.82) is 0 Å². The Morgan fingerprint density at radius 2 is 0.889 bits per heavy atom. The second-order valence-electron chi connectivity index (χ2n) is 21.8. The summed E-state index contributed by atoms with van der Waals surface area (Å²) in [5.41, 5.74) is 0. The quantitative estimate of drug-likeness (QED) is 0.0212. The van der Waals surface area contributed by atoms with E-state index in [4.69, 9.17) is 13.8 Å². The minimum atomic E-state index is -4.69. The normalized spacial score (nSPS) is 14.0. The van der Waals surface area contributed by atoms with Crippen molar-refractivity contribution in [2.24, 2.45) is 0 Å². The lowest BCUT2D eigenvalue weighted by atomic mass is 10.0. The summed E-state index contributed by atoms with van der Waals surface area (Å²) in [6.07, 6.45) is 63.7. The second kappa shape index (κ2) is 52.4. The van der Waals surface area contributed by atoms with E-state index in [9.17, 15) is 19.0 Å². The first-order valence-electron chi connectivity index (χ1n) is 30.4. The van der Waals surface area contributed by atoms with Crippen molar-refractivity contribution in [3.63, 3.8) is 0 Å². The monoisotopic (exact) mass is 1030 g/mol. The molecule has 0 rings (SSSR count). The van der Waals surface area contributed by atoms with Crippen LogP contribution >= 0.6 is 7.82 Å². The van der Waals surface area contributed by atoms with E-state index in [1.807, 2.05) is 33.3 Å². The van der Waals surface area contributed by atoms with Gasteiger partial charge in [-0.25, -0.2) is 0 Å². The Kier molecular flexibility index (Phi) is 50.9. The van der Waals surface area contributed by atoms with E-state index in [-0.39, 0.29) is 24.9 Å². The molecule has 1 N–H and O–H groups in total. The van der Waals surface area contributed by atoms with Crippen LogP contribution in [0, 0.1) is 0 Å². The van der Waals surface area contributed by atoms with Crippen molar-refractivity contribution >= 4 is 19.7 Å². The number of hydrogen-bond acceptors (Lipinski definition) is 7. The molecule has 0 aliphatic heterocycles. The number of unbranched alkanes of at least 4 members (excludes halogenated alkanes) is 33. The first-order chi connectivity index (χ1) is 34.9. The summed E-state index contributed by atoms with van der Waals surface area (Å²) in [6, 6.07) is -0.890. The highest BCUT2D eigenvalue weighted by Crippen LogP contribution is 2.38. The number of esters is 1. The van der Waals surface area contributed by atoms with E-state index in [0.29, 0.717) is 17.4 Å². The van der Waals surface area contributed by atoms with Crippen LogP contribution in [0.1, 0.15) is 284 Å². The summed E-state index contributed by atoms with van der Waals surface area (Å²) >= 11 is 0. The van der Waals surface area contributed by atoms with Crippen LogP contribution in [0.25, 0.3) is 0 Å². The lowest BCUT2D eigenvalue weighted by Gasteiger charge is -2.30. The molecule has 9 nitrogen and oxygen atoms in total. The number of carbonyl (C=O) groups excluding carboxylic acids is 2. The average molecular weight is 1030 g/mol. The van der Waals surface area contributed by atoms with Crippen LogP contribution in [-0.4, -0.2) is 69.4 Å². The smallest absolute Gasteiger partial charge is 0.306 e. The fraction of sp³-hybridized carbons (Fsp3) is 0.839. The van der Waals surface area contributed by atoms with Gasteiger partial charge in [-0.2, -0.15) is 0 Å². The predicted molar refractivity (Wildman–Crippen MR) is 307 cm³/mol. The number of amides is 1. The number of likely N-dealkylation sites (N-methyl/N-ethyl adjacent to an activating group) is 1. The molecule has 3 unspecified atom stereocenters. The Morgan fingerprint density at radius 1 is 0.500 bits per heavy atom. The number of allylic oxidation sites excluding steroid dienone is 7. The van der Waals surface area contributed by atoms with Gasteiger partial charge in [0.15, 0.2) is 0 Å². The molecular weight excluding hydrogens is 916 g/mol. The third kappa shape index (κ3) is 52.8. The maximum Gasteiger partial charge on any atom is 0.306 e. The van der Waals surface area contributed by atoms with Gasteiger partial charge in [-0.3, -0.25) is 14.2 Å². The summed E-state index contributed by atoms with van der Waals surface area (Å²) in [7, 11) is 1.18. The fourth-order valence-corrected chi connectivity index (χ4v) is 9.51. The highest BCUT2D eigenvalue weighted by atomic mass is 31.2. The zero-order valence-electron chi connectivity index (χ0n) is 48.1. The van der Waals surface area contributed by atoms with Gasteiger partial charge in [-0.15, -0.1) is 0 Å². The Hall–Kier alpha value is -2.03. The molecule has 0 radical (unpaired) electrons. The van der Waals surface area contributed by atoms with Crippen molar-refractivity contribution in [3.8, 4) is 0 Å². The molecule has 422 valence electrons. The van der Waals surface area contributed by atoms with Crippen LogP contribution in [-0.2, 0) is 27.9 Å². The van der Waals surface area contributed by atoms with Gasteiger partial charge in [0.25, 0.3) is 7.82 Å². The van der Waals surface area contributed by atoms with Gasteiger partial charge in [0.1, 0.15) is 19.3 Å². The average Bonchev–Trinajstić information content (AvgIpc) is 3.34. The molecule has 0 heterocycles. The number of quaternary nitrogens is 1. The third-order valence-electron chi connectivity index (χ3n) is 13.5. The molecule has 0 spiro atoms. The number of nitrogens with one attached hydrogen (secondary N) is 1. The van der Waals surface area contributed by atoms with E-state index >= 15 is 0 Å². The molecular formula is C62H117N2O7P. The maximum atomic E-state index is 13.5. The lowest BCUT2D eigenvalue weighted by molar-refractivity contribution is -0.870. The van der Waals surface area contributed by atoms with E-state index in [2.05, 4.69) is 62.5 Å². The van der Waals surface area contributed by atoms with Gasteiger partial charge in [0, 0.05) is 12.8 Å². The molecule has 0 fully saturated rings. The topological polar surface area (TPSA) is 114 Å². The molecule has 0 saturated heterocycles. The van der Waals surface area contributed by atoms with Crippen LogP contribution in [0.5, 0.6) is 0 Å². The van der Waals surface area contributed by atoms with Gasteiger partial charge >= 0.3 is 5.97 Å². The van der Waals surface area contributed by atoms with Gasteiger partial charge in [-0.05, 0) is 83.1 Å². The van der Waals surface area contributed by atoms with E-state index in [1.54, 1.807) is 0 Å². The number of phosphoric ester groups is 1. The van der Waals surface area contributed by atoms with Crippen molar-refractivity contribution in [2.75, 3.05) is 40.9 Å². The van der Waals surface area contributed by atoms with Gasteiger partial charge < -0.3 is 28.5 Å². The predicted octanol–water partition coefficient (Wildman–Crippen LogP) is 17.9. The van der Waals surface area contributed by atoms with Crippen molar-refractivity contribution in [3.05, 3.63) is 48.6 Å². The highest BCUT2D eigenvalue weighted by molar-refractivity contribution is 7.45. The molecule has 0 saturated carbocycles. The lowest BCUT2D eigenvalue weighted by Crippen LogP contribution is -2.47. The number of phosphoric acid groups is 1. The van der Waals surface area contributed by atoms with Gasteiger partial charge in [0.05, 0.1) is 33.8 Å². The fourth-order valence-electron chi connectivity index (χ4n) is 8.79. The molecule has 3 atom stereocenters. The van der Waals surface area contributed by atoms with Crippen LogP contribution in [0.4, 0.5) is 0 Å². The van der Waals surface area contributed by atoms with Gasteiger partial charge in [0.2, 0.25) is 5.91 Å². The molecule has 72 heavy (non-hydrogen) atoms. The standard InChI is InChI=1S/C62H117N2O7P/c1-7-10-13-16-19-22-25-27-29-30-31-32-33-34-35-37-40-43-46-49-52-55-62(66)71-60(53-50-47-44-41-38-24-21-18-15-12-9-3)59(58-70-72(67,68)69-57-56-64(4,5)6)63-61(65)54-51-48-45-42-39-36-28-26-23-20-17-14-11-8-2/h11,14,20,23,27,29,50,53,59-60H,7-10,12-13,15-19,21-22,24-26,28,30-49,51-52,54-58H2,1-6H3,(H-,63,65,67,68)/b14-11+,23-20+,29-27+,53-50-. The van der Waals surface area contributed by atoms with E-state index in [1.165, 1.54) is 167 Å². The van der Waals surface area contributed by atoms with Crippen LogP contribution in [0.3, 0.4) is 0 Å². The molecule has 0 bridgehead atoms. The van der Waals surface area contributed by atoms with Crippen LogP contribution in [0.15, 0.2) is 48.6 Å².